The van der Waals surface area contributed by atoms with E-state index < -0.39 is 10.0 Å². The first-order valence-corrected chi connectivity index (χ1v) is 10.9. The van der Waals surface area contributed by atoms with E-state index in [0.29, 0.717) is 28.9 Å². The van der Waals surface area contributed by atoms with Crippen LogP contribution in [-0.2, 0) is 14.8 Å². The number of anilines is 1. The van der Waals surface area contributed by atoms with Gasteiger partial charge in [0.25, 0.3) is 5.91 Å². The summed E-state index contributed by atoms with van der Waals surface area (Å²) in [5, 5.41) is 5.39. The van der Waals surface area contributed by atoms with E-state index in [1.807, 2.05) is 26.0 Å². The van der Waals surface area contributed by atoms with Crippen LogP contribution in [0.1, 0.15) is 40.4 Å². The molecule has 2 aromatic carbocycles. The first-order valence-electron chi connectivity index (χ1n) is 9.39. The quantitative estimate of drug-likeness (QED) is 0.614. The average molecular weight is 418 g/mol. The first-order chi connectivity index (χ1) is 13.6. The Morgan fingerprint density at radius 1 is 0.966 bits per heavy atom. The fourth-order valence-corrected chi connectivity index (χ4v) is 4.63. The molecule has 0 radical (unpaired) electrons. The molecule has 0 atom stereocenters. The maximum atomic E-state index is 12.6. The van der Waals surface area contributed by atoms with Gasteiger partial charge in [0.2, 0.25) is 15.9 Å². The number of benzene rings is 2. The monoisotopic (exact) mass is 417 g/mol. The SMILES string of the molecule is CCNC(=O)c1ccc(NC(=O)CCNS(=O)(=O)c2c(C)cc(C)cc2C)cc1. The smallest absolute Gasteiger partial charge is 0.251 e. The number of sulfonamides is 1. The molecule has 2 aromatic rings. The molecule has 2 rings (SSSR count). The van der Waals surface area contributed by atoms with E-state index in [1.54, 1.807) is 38.1 Å². The third-order valence-corrected chi connectivity index (χ3v) is 6.05. The maximum Gasteiger partial charge on any atom is 0.251 e. The van der Waals surface area contributed by atoms with Gasteiger partial charge in [-0.1, -0.05) is 17.7 Å². The molecule has 8 heteroatoms. The summed E-state index contributed by atoms with van der Waals surface area (Å²) < 4.78 is 27.7. The van der Waals surface area contributed by atoms with E-state index in [1.165, 1.54) is 0 Å². The number of hydrogen-bond donors (Lipinski definition) is 3. The van der Waals surface area contributed by atoms with E-state index >= 15 is 0 Å². The van der Waals surface area contributed by atoms with Crippen molar-refractivity contribution in [1.29, 1.82) is 0 Å². The highest BCUT2D eigenvalue weighted by molar-refractivity contribution is 7.89. The van der Waals surface area contributed by atoms with E-state index in [0.717, 1.165) is 5.56 Å². The molecular formula is C21H27N3O4S. The molecule has 0 aliphatic rings. The Kier molecular flexibility index (Phi) is 7.53. The summed E-state index contributed by atoms with van der Waals surface area (Å²) in [6.45, 7) is 7.78. The molecule has 0 saturated heterocycles. The molecule has 0 unspecified atom stereocenters. The van der Waals surface area contributed by atoms with Crippen LogP contribution in [0.2, 0.25) is 0 Å². The fourth-order valence-electron chi connectivity index (χ4n) is 3.15. The number of rotatable bonds is 8. The lowest BCUT2D eigenvalue weighted by molar-refractivity contribution is -0.116. The van der Waals surface area contributed by atoms with Gasteiger partial charge in [0.1, 0.15) is 0 Å². The van der Waals surface area contributed by atoms with Gasteiger partial charge in [-0.3, -0.25) is 9.59 Å². The third kappa shape index (κ3) is 6.13. The second-order valence-corrected chi connectivity index (χ2v) is 8.56. The molecule has 0 spiro atoms. The molecule has 0 fully saturated rings. The lowest BCUT2D eigenvalue weighted by Crippen LogP contribution is -2.29. The summed E-state index contributed by atoms with van der Waals surface area (Å²) in [6, 6.07) is 10.1. The second-order valence-electron chi connectivity index (χ2n) is 6.86. The van der Waals surface area contributed by atoms with Crippen LogP contribution in [0.4, 0.5) is 5.69 Å². The Bertz CT molecular complexity index is 976. The van der Waals surface area contributed by atoms with Gasteiger partial charge in [-0.15, -0.1) is 0 Å². The Hall–Kier alpha value is -2.71. The summed E-state index contributed by atoms with van der Waals surface area (Å²) in [5.41, 5.74) is 3.38. The molecule has 156 valence electrons. The van der Waals surface area contributed by atoms with Crippen LogP contribution in [0.3, 0.4) is 0 Å². The highest BCUT2D eigenvalue weighted by Crippen LogP contribution is 2.21. The molecule has 0 aliphatic heterocycles. The van der Waals surface area contributed by atoms with Gasteiger partial charge in [-0.2, -0.15) is 0 Å². The van der Waals surface area contributed by atoms with Gasteiger partial charge in [-0.05, 0) is 63.1 Å². The largest absolute Gasteiger partial charge is 0.352 e. The van der Waals surface area contributed by atoms with Crippen LogP contribution in [0.5, 0.6) is 0 Å². The molecule has 7 nitrogen and oxygen atoms in total. The van der Waals surface area contributed by atoms with Gasteiger partial charge < -0.3 is 10.6 Å². The van der Waals surface area contributed by atoms with E-state index in [4.69, 9.17) is 0 Å². The van der Waals surface area contributed by atoms with Crippen LogP contribution in [0.15, 0.2) is 41.3 Å². The number of carbonyl (C=O) groups is 2. The number of nitrogens with one attached hydrogen (secondary N) is 3. The minimum Gasteiger partial charge on any atom is -0.352 e. The van der Waals surface area contributed by atoms with E-state index in [2.05, 4.69) is 15.4 Å². The van der Waals surface area contributed by atoms with Gasteiger partial charge in [0.15, 0.2) is 0 Å². The van der Waals surface area contributed by atoms with Crippen LogP contribution in [0, 0.1) is 20.8 Å². The lowest BCUT2D eigenvalue weighted by atomic mass is 10.1. The summed E-state index contributed by atoms with van der Waals surface area (Å²) in [7, 11) is -3.70. The summed E-state index contributed by atoms with van der Waals surface area (Å²) >= 11 is 0. The van der Waals surface area contributed by atoms with Crippen LogP contribution in [0.25, 0.3) is 0 Å². The average Bonchev–Trinajstić information content (AvgIpc) is 2.61. The third-order valence-electron chi connectivity index (χ3n) is 4.29. The Morgan fingerprint density at radius 3 is 2.10 bits per heavy atom. The van der Waals surface area contributed by atoms with Crippen molar-refractivity contribution in [2.24, 2.45) is 0 Å². The molecule has 29 heavy (non-hydrogen) atoms. The topological polar surface area (TPSA) is 104 Å². The Morgan fingerprint density at radius 2 is 1.55 bits per heavy atom. The van der Waals surface area contributed by atoms with Crippen molar-refractivity contribution in [1.82, 2.24) is 10.0 Å². The fraction of sp³-hybridized carbons (Fsp3) is 0.333. The minimum absolute atomic E-state index is 0.0126. The van der Waals surface area contributed by atoms with Crippen molar-refractivity contribution in [2.45, 2.75) is 39.0 Å². The summed E-state index contributed by atoms with van der Waals surface area (Å²) in [6.07, 6.45) is -0.0126. The molecule has 0 heterocycles. The molecule has 3 N–H and O–H groups in total. The Labute approximate surface area is 172 Å². The molecule has 0 bridgehead atoms. The molecular weight excluding hydrogens is 390 g/mol. The van der Waals surface area contributed by atoms with Gasteiger partial charge >= 0.3 is 0 Å². The van der Waals surface area contributed by atoms with Crippen LogP contribution < -0.4 is 15.4 Å². The van der Waals surface area contributed by atoms with Crippen molar-refractivity contribution < 1.29 is 18.0 Å². The zero-order valence-corrected chi connectivity index (χ0v) is 17.9. The number of amides is 2. The molecule has 0 aromatic heterocycles. The van der Waals surface area contributed by atoms with Crippen molar-refractivity contribution >= 4 is 27.5 Å². The highest BCUT2D eigenvalue weighted by Gasteiger charge is 2.19. The summed E-state index contributed by atoms with van der Waals surface area (Å²) in [5.74, 6) is -0.503. The molecule has 0 aliphatic carbocycles. The second kappa shape index (κ2) is 9.67. The van der Waals surface area contributed by atoms with E-state index in [9.17, 15) is 18.0 Å². The zero-order valence-electron chi connectivity index (χ0n) is 17.1. The minimum atomic E-state index is -3.70. The first kappa shape index (κ1) is 22.6. The van der Waals surface area contributed by atoms with Crippen LogP contribution >= 0.6 is 0 Å². The number of carbonyl (C=O) groups excluding carboxylic acids is 2. The van der Waals surface area contributed by atoms with Crippen molar-refractivity contribution in [3.05, 3.63) is 58.7 Å². The summed E-state index contributed by atoms with van der Waals surface area (Å²) in [4.78, 5) is 24.1. The van der Waals surface area contributed by atoms with Crippen molar-refractivity contribution in [2.75, 3.05) is 18.4 Å². The molecule has 2 amide bonds. The van der Waals surface area contributed by atoms with E-state index in [-0.39, 0.29) is 29.7 Å². The van der Waals surface area contributed by atoms with Crippen molar-refractivity contribution in [3.63, 3.8) is 0 Å². The number of hydrogen-bond acceptors (Lipinski definition) is 4. The number of aryl methyl sites for hydroxylation is 3. The standard InChI is InChI=1S/C21H27N3O4S/c1-5-22-21(26)17-6-8-18(9-7-17)24-19(25)10-11-23-29(27,28)20-15(3)12-14(2)13-16(20)4/h6-9,12-13,23H,5,10-11H2,1-4H3,(H,22,26)(H,24,25). The van der Waals surface area contributed by atoms with Crippen LogP contribution in [-0.4, -0.2) is 33.3 Å². The maximum absolute atomic E-state index is 12.6. The Balaban J connectivity index is 1.92. The van der Waals surface area contributed by atoms with Gasteiger partial charge in [0.05, 0.1) is 4.90 Å². The van der Waals surface area contributed by atoms with Gasteiger partial charge in [-0.25, -0.2) is 13.1 Å². The lowest BCUT2D eigenvalue weighted by Gasteiger charge is -2.13. The highest BCUT2D eigenvalue weighted by atomic mass is 32.2. The predicted molar refractivity (Wildman–Crippen MR) is 114 cm³/mol. The van der Waals surface area contributed by atoms with Crippen molar-refractivity contribution in [3.8, 4) is 0 Å². The zero-order chi connectivity index (χ0) is 21.6. The molecule has 0 saturated carbocycles. The predicted octanol–water partition coefficient (Wildman–Crippen LogP) is 2.67. The normalized spacial score (nSPS) is 11.2. The van der Waals surface area contributed by atoms with Gasteiger partial charge in [0, 0.05) is 30.8 Å².